The predicted molar refractivity (Wildman–Crippen MR) is 154 cm³/mol. The van der Waals surface area contributed by atoms with Crippen molar-refractivity contribution in [3.8, 4) is 0 Å². The van der Waals surface area contributed by atoms with Gasteiger partial charge in [0, 0.05) is 40.1 Å². The van der Waals surface area contributed by atoms with Crippen molar-refractivity contribution >= 4 is 0 Å². The summed E-state index contributed by atoms with van der Waals surface area (Å²) in [6.07, 6.45) is 0. The van der Waals surface area contributed by atoms with Crippen molar-refractivity contribution in [2.24, 2.45) is 0 Å². The van der Waals surface area contributed by atoms with Gasteiger partial charge < -0.3 is 0 Å². The fourth-order valence-corrected chi connectivity index (χ4v) is 6.95. The van der Waals surface area contributed by atoms with E-state index in [1.165, 1.54) is 39.3 Å². The van der Waals surface area contributed by atoms with Crippen molar-refractivity contribution in [3.05, 3.63) is 50.9 Å². The monoisotopic (exact) mass is 495 g/mol. The lowest BCUT2D eigenvalue weighted by Gasteiger charge is -2.39. The molecular weight excluding hydrogens is 442 g/mol. The smallest absolute Gasteiger partial charge is 0.125 e. The standard InChI is InChI=1S/C16H26N2.C14H23N3.CH4/c1-9-10(2)14-12(4)18(16(6,7)8)13(5)15(14)17-11(9)3;1-8-12-9(2)17(14(5,6)7)10(3)13(12)16-11(4)15-8;/h12-13H,1-8H3;9-10H,1-7H3;1H4. The van der Waals surface area contributed by atoms with Crippen LogP contribution in [0, 0.1) is 34.6 Å². The lowest BCUT2D eigenvalue weighted by molar-refractivity contribution is 0.0659. The minimum atomic E-state index is 0. The summed E-state index contributed by atoms with van der Waals surface area (Å²) in [6.45, 7) is 33.4. The number of aryl methyl sites for hydroxylation is 3. The molecule has 0 aromatic carbocycles. The molecule has 5 heteroatoms. The number of hydrogen-bond acceptors (Lipinski definition) is 5. The SMILES string of the molecule is C.Cc1nc(C)c2c(n1)C(C)N(C(C)(C)C)C2C.Cc1nc2c(c(C)c1C)C(C)N(C(C)(C)C)C2C. The van der Waals surface area contributed by atoms with Gasteiger partial charge in [0.1, 0.15) is 5.82 Å². The molecule has 2 aromatic heterocycles. The van der Waals surface area contributed by atoms with Crippen molar-refractivity contribution in [2.45, 2.75) is 147 Å². The summed E-state index contributed by atoms with van der Waals surface area (Å²) in [7, 11) is 0. The Kier molecular flexibility index (Phi) is 8.55. The fraction of sp³-hybridized carbons (Fsp3) is 0.710. The zero-order valence-electron chi connectivity index (χ0n) is 25.0. The molecule has 36 heavy (non-hydrogen) atoms. The molecule has 4 atom stereocenters. The molecule has 4 unspecified atom stereocenters. The molecule has 0 N–H and O–H groups in total. The first kappa shape index (κ1) is 30.4. The highest BCUT2D eigenvalue weighted by Gasteiger charge is 2.42. The average Bonchev–Trinajstić information content (AvgIpc) is 3.09. The molecule has 4 rings (SSSR count). The maximum absolute atomic E-state index is 4.87. The number of rotatable bonds is 0. The summed E-state index contributed by atoms with van der Waals surface area (Å²) in [5.41, 5.74) is 10.7. The third kappa shape index (κ3) is 5.11. The van der Waals surface area contributed by atoms with Gasteiger partial charge >= 0.3 is 0 Å². The van der Waals surface area contributed by atoms with Crippen LogP contribution >= 0.6 is 0 Å². The van der Waals surface area contributed by atoms with Crippen LogP contribution in [0.3, 0.4) is 0 Å². The van der Waals surface area contributed by atoms with Gasteiger partial charge in [0.2, 0.25) is 0 Å². The Labute approximate surface area is 222 Å². The van der Waals surface area contributed by atoms with Crippen molar-refractivity contribution in [3.63, 3.8) is 0 Å². The third-order valence-corrected chi connectivity index (χ3v) is 8.20. The zero-order valence-corrected chi connectivity index (χ0v) is 25.0. The van der Waals surface area contributed by atoms with Gasteiger partial charge in [-0.1, -0.05) is 7.43 Å². The van der Waals surface area contributed by atoms with Crippen LogP contribution < -0.4 is 0 Å². The Morgan fingerprint density at radius 1 is 0.528 bits per heavy atom. The molecule has 2 aliphatic heterocycles. The van der Waals surface area contributed by atoms with E-state index in [0.29, 0.717) is 24.2 Å². The van der Waals surface area contributed by atoms with E-state index in [1.54, 1.807) is 0 Å². The summed E-state index contributed by atoms with van der Waals surface area (Å²) in [5.74, 6) is 0.885. The molecule has 0 bridgehead atoms. The molecule has 202 valence electrons. The minimum Gasteiger partial charge on any atom is -0.283 e. The third-order valence-electron chi connectivity index (χ3n) is 8.20. The van der Waals surface area contributed by atoms with E-state index in [4.69, 9.17) is 4.98 Å². The summed E-state index contributed by atoms with van der Waals surface area (Å²) in [6, 6.07) is 1.65. The number of nitrogens with zero attached hydrogens (tertiary/aromatic N) is 5. The molecule has 4 heterocycles. The summed E-state index contributed by atoms with van der Waals surface area (Å²) < 4.78 is 0. The molecule has 2 aliphatic rings. The van der Waals surface area contributed by atoms with E-state index in [2.05, 4.69) is 117 Å². The predicted octanol–water partition coefficient (Wildman–Crippen LogP) is 8.21. The van der Waals surface area contributed by atoms with Crippen LogP contribution in [0.1, 0.15) is 152 Å². The van der Waals surface area contributed by atoms with Crippen molar-refractivity contribution in [2.75, 3.05) is 0 Å². The first-order valence-corrected chi connectivity index (χ1v) is 13.3. The van der Waals surface area contributed by atoms with Crippen molar-refractivity contribution < 1.29 is 0 Å². The lowest BCUT2D eigenvalue weighted by Crippen LogP contribution is -2.40. The van der Waals surface area contributed by atoms with Gasteiger partial charge in [-0.05, 0) is 121 Å². The molecule has 2 aromatic rings. The molecule has 0 fully saturated rings. The second kappa shape index (κ2) is 10.1. The average molecular weight is 496 g/mol. The Bertz CT molecular complexity index is 1110. The molecule has 0 saturated heterocycles. The van der Waals surface area contributed by atoms with Crippen LogP contribution in [-0.2, 0) is 0 Å². The van der Waals surface area contributed by atoms with Crippen LogP contribution in [0.4, 0.5) is 0 Å². The van der Waals surface area contributed by atoms with E-state index >= 15 is 0 Å². The topological polar surface area (TPSA) is 45.2 Å². The largest absolute Gasteiger partial charge is 0.283 e. The number of aromatic nitrogens is 3. The quantitative estimate of drug-likeness (QED) is 0.368. The van der Waals surface area contributed by atoms with E-state index in [-0.39, 0.29) is 18.5 Å². The van der Waals surface area contributed by atoms with Gasteiger partial charge in [-0.25, -0.2) is 9.97 Å². The molecular formula is C31H53N5. The van der Waals surface area contributed by atoms with Gasteiger partial charge in [0.15, 0.2) is 0 Å². The van der Waals surface area contributed by atoms with Crippen LogP contribution in [-0.4, -0.2) is 35.8 Å². The van der Waals surface area contributed by atoms with Crippen LogP contribution in [0.15, 0.2) is 0 Å². The molecule has 0 saturated carbocycles. The Morgan fingerprint density at radius 2 is 0.944 bits per heavy atom. The van der Waals surface area contributed by atoms with E-state index in [1.807, 2.05) is 6.92 Å². The highest BCUT2D eigenvalue weighted by Crippen LogP contribution is 2.47. The summed E-state index contributed by atoms with van der Waals surface area (Å²) in [4.78, 5) is 19.1. The number of pyridine rings is 1. The molecule has 0 amide bonds. The maximum atomic E-state index is 4.87. The first-order chi connectivity index (χ1) is 15.9. The van der Waals surface area contributed by atoms with Crippen LogP contribution in [0.5, 0.6) is 0 Å². The van der Waals surface area contributed by atoms with Crippen molar-refractivity contribution in [1.29, 1.82) is 0 Å². The van der Waals surface area contributed by atoms with E-state index < -0.39 is 0 Å². The lowest BCUT2D eigenvalue weighted by atomic mass is 9.97. The Hall–Kier alpha value is -1.85. The molecule has 0 radical (unpaired) electrons. The molecule has 0 spiro atoms. The Morgan fingerprint density at radius 3 is 1.39 bits per heavy atom. The first-order valence-electron chi connectivity index (χ1n) is 13.3. The van der Waals surface area contributed by atoms with E-state index in [0.717, 1.165) is 11.5 Å². The van der Waals surface area contributed by atoms with Gasteiger partial charge in [-0.3, -0.25) is 14.8 Å². The van der Waals surface area contributed by atoms with Gasteiger partial charge in [-0.2, -0.15) is 0 Å². The Balaban J connectivity index is 0.000000247. The number of fused-ring (bicyclic) bond motifs is 2. The maximum Gasteiger partial charge on any atom is 0.125 e. The summed E-state index contributed by atoms with van der Waals surface area (Å²) in [5, 5.41) is 0. The van der Waals surface area contributed by atoms with Crippen LogP contribution in [0.25, 0.3) is 0 Å². The zero-order chi connectivity index (χ0) is 26.8. The second-order valence-electron chi connectivity index (χ2n) is 12.8. The second-order valence-corrected chi connectivity index (χ2v) is 12.8. The normalized spacial score (nSPS) is 24.1. The fourth-order valence-electron chi connectivity index (χ4n) is 6.95. The van der Waals surface area contributed by atoms with Gasteiger partial charge in [0.05, 0.1) is 23.5 Å². The highest BCUT2D eigenvalue weighted by molar-refractivity contribution is 5.44. The molecule has 0 aliphatic carbocycles. The van der Waals surface area contributed by atoms with Gasteiger partial charge in [0.25, 0.3) is 0 Å². The number of hydrogen-bond donors (Lipinski definition) is 0. The summed E-state index contributed by atoms with van der Waals surface area (Å²) >= 11 is 0. The van der Waals surface area contributed by atoms with Crippen molar-refractivity contribution in [1.82, 2.24) is 24.8 Å². The van der Waals surface area contributed by atoms with Crippen LogP contribution in [0.2, 0.25) is 0 Å². The minimum absolute atomic E-state index is 0. The highest BCUT2D eigenvalue weighted by atomic mass is 15.3. The van der Waals surface area contributed by atoms with Gasteiger partial charge in [-0.15, -0.1) is 0 Å². The van der Waals surface area contributed by atoms with E-state index in [9.17, 15) is 0 Å². The molecule has 5 nitrogen and oxygen atoms in total.